The Morgan fingerprint density at radius 3 is 2.14 bits per heavy atom. The van der Waals surface area contributed by atoms with Crippen LogP contribution in [0.5, 0.6) is 11.5 Å². The minimum absolute atomic E-state index is 0.388. The lowest BCUT2D eigenvalue weighted by molar-refractivity contribution is 0.394. The summed E-state index contributed by atoms with van der Waals surface area (Å²) in [7, 11) is 3.12. The van der Waals surface area contributed by atoms with Crippen LogP contribution in [0.1, 0.15) is 22.3 Å². The normalized spacial score (nSPS) is 11.2. The van der Waals surface area contributed by atoms with Gasteiger partial charge in [0, 0.05) is 23.5 Å². The van der Waals surface area contributed by atoms with Crippen molar-refractivity contribution in [2.24, 2.45) is 0 Å². The molecule has 1 heterocycles. The van der Waals surface area contributed by atoms with Crippen molar-refractivity contribution in [2.75, 3.05) is 19.5 Å². The molecule has 0 bridgehead atoms. The smallest absolute Gasteiger partial charge is 0.132 e. The van der Waals surface area contributed by atoms with E-state index in [-0.39, 0.29) is 5.83 Å². The highest BCUT2D eigenvalue weighted by molar-refractivity contribution is 5.78. The van der Waals surface area contributed by atoms with Crippen LogP contribution in [0.4, 0.5) is 15.9 Å². The van der Waals surface area contributed by atoms with Crippen LogP contribution in [-0.2, 0) is 0 Å². The summed E-state index contributed by atoms with van der Waals surface area (Å²) < 4.78 is 25.1. The number of halogens is 1. The Hall–Kier alpha value is -3.34. The molecule has 0 radical (unpaired) electrons. The van der Waals surface area contributed by atoms with E-state index in [4.69, 9.17) is 9.47 Å². The standard InChI is InChI=1S/C23H23FN2O2/c1-15-6-5-7-16(2)23(15)26-22-9-8-18(14-25-22)21(24)12-17-10-19(27-3)13-20(11-17)28-4/h5-14H,1-4H3,(H,25,26)/b21-12-. The van der Waals surface area contributed by atoms with E-state index in [0.717, 1.165) is 16.8 Å². The third-order valence-corrected chi connectivity index (χ3v) is 4.44. The predicted octanol–water partition coefficient (Wildman–Crippen LogP) is 5.93. The maximum absolute atomic E-state index is 14.7. The molecule has 5 heteroatoms. The third-order valence-electron chi connectivity index (χ3n) is 4.44. The number of benzene rings is 2. The van der Waals surface area contributed by atoms with E-state index in [1.165, 1.54) is 12.3 Å². The zero-order chi connectivity index (χ0) is 20.1. The topological polar surface area (TPSA) is 43.4 Å². The van der Waals surface area contributed by atoms with E-state index in [1.54, 1.807) is 44.6 Å². The van der Waals surface area contributed by atoms with Crippen LogP contribution in [0.25, 0.3) is 11.9 Å². The van der Waals surface area contributed by atoms with Gasteiger partial charge < -0.3 is 14.8 Å². The zero-order valence-corrected chi connectivity index (χ0v) is 16.4. The molecular weight excluding hydrogens is 355 g/mol. The monoisotopic (exact) mass is 378 g/mol. The molecule has 0 amide bonds. The van der Waals surface area contributed by atoms with E-state index >= 15 is 0 Å². The van der Waals surface area contributed by atoms with Crippen molar-refractivity contribution >= 4 is 23.4 Å². The second kappa shape index (κ2) is 8.57. The van der Waals surface area contributed by atoms with Crippen molar-refractivity contribution < 1.29 is 13.9 Å². The summed E-state index contributed by atoms with van der Waals surface area (Å²) in [6.07, 6.45) is 2.94. The number of nitrogens with one attached hydrogen (secondary N) is 1. The van der Waals surface area contributed by atoms with Gasteiger partial charge in [0.15, 0.2) is 0 Å². The van der Waals surface area contributed by atoms with Crippen molar-refractivity contribution in [3.8, 4) is 11.5 Å². The first-order valence-corrected chi connectivity index (χ1v) is 8.90. The SMILES string of the molecule is COc1cc(/C=C(\F)c2ccc(Nc3c(C)cccc3C)nc2)cc(OC)c1. The predicted molar refractivity (Wildman–Crippen MR) is 112 cm³/mol. The van der Waals surface area contributed by atoms with Gasteiger partial charge in [0.2, 0.25) is 0 Å². The minimum Gasteiger partial charge on any atom is -0.497 e. The van der Waals surface area contributed by atoms with Crippen LogP contribution in [-0.4, -0.2) is 19.2 Å². The second-order valence-electron chi connectivity index (χ2n) is 6.46. The summed E-state index contributed by atoms with van der Waals surface area (Å²) >= 11 is 0. The molecule has 0 aliphatic heterocycles. The fourth-order valence-electron chi connectivity index (χ4n) is 2.89. The van der Waals surface area contributed by atoms with Crippen LogP contribution in [0.15, 0.2) is 54.7 Å². The van der Waals surface area contributed by atoms with Crippen molar-refractivity contribution in [2.45, 2.75) is 13.8 Å². The molecule has 0 fully saturated rings. The number of hydrogen-bond acceptors (Lipinski definition) is 4. The van der Waals surface area contributed by atoms with Gasteiger partial charge >= 0.3 is 0 Å². The molecule has 28 heavy (non-hydrogen) atoms. The van der Waals surface area contributed by atoms with Crippen molar-refractivity contribution in [3.63, 3.8) is 0 Å². The Morgan fingerprint density at radius 1 is 0.964 bits per heavy atom. The number of nitrogens with zero attached hydrogens (tertiary/aromatic N) is 1. The fourth-order valence-corrected chi connectivity index (χ4v) is 2.89. The van der Waals surface area contributed by atoms with E-state index < -0.39 is 0 Å². The number of methoxy groups -OCH3 is 2. The summed E-state index contributed by atoms with van der Waals surface area (Å²) in [4.78, 5) is 4.35. The maximum atomic E-state index is 14.7. The van der Waals surface area contributed by atoms with Crippen LogP contribution in [0.2, 0.25) is 0 Å². The van der Waals surface area contributed by atoms with Crippen LogP contribution < -0.4 is 14.8 Å². The molecule has 3 rings (SSSR count). The first kappa shape index (κ1) is 19.4. The molecule has 2 aromatic carbocycles. The van der Waals surface area contributed by atoms with E-state index in [0.29, 0.717) is 28.4 Å². The number of anilines is 2. The number of aryl methyl sites for hydroxylation is 2. The van der Waals surface area contributed by atoms with Crippen molar-refractivity contribution in [1.82, 2.24) is 4.98 Å². The summed E-state index contributed by atoms with van der Waals surface area (Å²) in [6.45, 7) is 4.07. The van der Waals surface area contributed by atoms with Gasteiger partial charge in [-0.3, -0.25) is 0 Å². The molecule has 0 spiro atoms. The van der Waals surface area contributed by atoms with Gasteiger partial charge in [0.05, 0.1) is 14.2 Å². The minimum atomic E-state index is -0.388. The largest absolute Gasteiger partial charge is 0.497 e. The van der Waals surface area contributed by atoms with Gasteiger partial charge in [0.1, 0.15) is 23.1 Å². The lowest BCUT2D eigenvalue weighted by Gasteiger charge is -2.12. The number of aromatic nitrogens is 1. The molecule has 0 saturated carbocycles. The van der Waals surface area contributed by atoms with Crippen LogP contribution >= 0.6 is 0 Å². The third kappa shape index (κ3) is 4.49. The van der Waals surface area contributed by atoms with Crippen LogP contribution in [0.3, 0.4) is 0 Å². The molecule has 1 N–H and O–H groups in total. The van der Waals surface area contributed by atoms with E-state index in [1.807, 2.05) is 32.0 Å². The number of ether oxygens (including phenoxy) is 2. The number of hydrogen-bond donors (Lipinski definition) is 1. The van der Waals surface area contributed by atoms with Crippen molar-refractivity contribution in [1.29, 1.82) is 0 Å². The van der Waals surface area contributed by atoms with E-state index in [2.05, 4.69) is 10.3 Å². The summed E-state index contributed by atoms with van der Waals surface area (Å²) in [5.74, 6) is 1.48. The van der Waals surface area contributed by atoms with Gasteiger partial charge in [-0.05, 0) is 60.9 Å². The highest BCUT2D eigenvalue weighted by Gasteiger charge is 2.07. The highest BCUT2D eigenvalue weighted by Crippen LogP contribution is 2.28. The molecule has 4 nitrogen and oxygen atoms in total. The maximum Gasteiger partial charge on any atom is 0.132 e. The number of rotatable bonds is 6. The Labute approximate surface area is 164 Å². The highest BCUT2D eigenvalue weighted by atomic mass is 19.1. The lowest BCUT2D eigenvalue weighted by atomic mass is 10.1. The van der Waals surface area contributed by atoms with Crippen molar-refractivity contribution in [3.05, 3.63) is 77.0 Å². The Kier molecular flexibility index (Phi) is 5.94. The first-order valence-electron chi connectivity index (χ1n) is 8.90. The second-order valence-corrected chi connectivity index (χ2v) is 6.46. The molecular formula is C23H23FN2O2. The van der Waals surface area contributed by atoms with Gasteiger partial charge in [-0.15, -0.1) is 0 Å². The van der Waals surface area contributed by atoms with Gasteiger partial charge in [-0.25, -0.2) is 9.37 Å². The van der Waals surface area contributed by atoms with Gasteiger partial charge in [-0.1, -0.05) is 18.2 Å². The van der Waals surface area contributed by atoms with Crippen LogP contribution in [0, 0.1) is 13.8 Å². The summed E-state index contributed by atoms with van der Waals surface area (Å²) in [6, 6.07) is 14.8. The molecule has 144 valence electrons. The van der Waals surface area contributed by atoms with Gasteiger partial charge in [-0.2, -0.15) is 0 Å². The average molecular weight is 378 g/mol. The first-order chi connectivity index (χ1) is 13.5. The average Bonchev–Trinajstić information content (AvgIpc) is 2.71. The molecule has 0 aliphatic rings. The lowest BCUT2D eigenvalue weighted by Crippen LogP contribution is -1.98. The molecule has 0 atom stereocenters. The molecule has 0 saturated heterocycles. The van der Waals surface area contributed by atoms with E-state index in [9.17, 15) is 4.39 Å². The Morgan fingerprint density at radius 2 is 1.61 bits per heavy atom. The molecule has 1 aromatic heterocycles. The molecule has 3 aromatic rings. The Balaban J connectivity index is 1.82. The quantitative estimate of drug-likeness (QED) is 0.578. The number of pyridine rings is 1. The molecule has 0 unspecified atom stereocenters. The fraction of sp³-hybridized carbons (Fsp3) is 0.174. The summed E-state index contributed by atoms with van der Waals surface area (Å²) in [5.41, 5.74) is 4.32. The molecule has 0 aliphatic carbocycles. The zero-order valence-electron chi connectivity index (χ0n) is 16.4. The number of para-hydroxylation sites is 1. The Bertz CT molecular complexity index is 955. The van der Waals surface area contributed by atoms with Gasteiger partial charge in [0.25, 0.3) is 0 Å². The summed E-state index contributed by atoms with van der Waals surface area (Å²) in [5, 5.41) is 3.30.